The standard InChI is InChI=1S/C19H26F3N5O4/c1-25(2)18(30)27-10-11-6-12(7-14(11)16(27)31-17(29)19(20,21)22)24-9-15(28)26-5-3-4-13(26)8-23/h11-14,16,24H,3-7,9-10H2,1-2H3/t11?,12?,13-,14?,16?/m0/s1. The number of likely N-dealkylation sites (tertiary alicyclic amines) is 2. The first-order valence-corrected chi connectivity index (χ1v) is 10.2. The van der Waals surface area contributed by atoms with Crippen LogP contribution in [0.4, 0.5) is 18.0 Å². The second kappa shape index (κ2) is 8.90. The molecule has 9 nitrogen and oxygen atoms in total. The third kappa shape index (κ3) is 4.87. The lowest BCUT2D eigenvalue weighted by Gasteiger charge is -2.30. The first-order valence-electron chi connectivity index (χ1n) is 10.2. The lowest BCUT2D eigenvalue weighted by Crippen LogP contribution is -2.48. The van der Waals surface area contributed by atoms with Crippen LogP contribution in [0.15, 0.2) is 0 Å². The van der Waals surface area contributed by atoms with Gasteiger partial charge in [0.15, 0.2) is 6.23 Å². The van der Waals surface area contributed by atoms with Crippen LogP contribution in [0.25, 0.3) is 0 Å². The van der Waals surface area contributed by atoms with E-state index in [1.165, 1.54) is 28.8 Å². The number of nitrogens with one attached hydrogen (secondary N) is 1. The van der Waals surface area contributed by atoms with E-state index in [1.54, 1.807) is 0 Å². The van der Waals surface area contributed by atoms with Crippen molar-refractivity contribution >= 4 is 17.9 Å². The van der Waals surface area contributed by atoms with Crippen LogP contribution in [0, 0.1) is 23.2 Å². The molecule has 0 aromatic heterocycles. The fourth-order valence-electron chi connectivity index (χ4n) is 4.77. The Bertz CT molecular complexity index is 769. The number of nitriles is 1. The van der Waals surface area contributed by atoms with Crippen LogP contribution in [0.3, 0.4) is 0 Å². The Morgan fingerprint density at radius 3 is 2.55 bits per heavy atom. The molecule has 2 heterocycles. The Morgan fingerprint density at radius 1 is 1.23 bits per heavy atom. The van der Waals surface area contributed by atoms with Gasteiger partial charge >= 0.3 is 18.2 Å². The molecule has 172 valence electrons. The summed E-state index contributed by atoms with van der Waals surface area (Å²) in [7, 11) is 2.95. The average Bonchev–Trinajstić information content (AvgIpc) is 3.39. The van der Waals surface area contributed by atoms with E-state index in [9.17, 15) is 27.6 Å². The zero-order chi connectivity index (χ0) is 22.9. The van der Waals surface area contributed by atoms with E-state index in [2.05, 4.69) is 11.4 Å². The predicted molar refractivity (Wildman–Crippen MR) is 100 cm³/mol. The minimum Gasteiger partial charge on any atom is -0.434 e. The number of carbonyl (C=O) groups excluding carboxylic acids is 3. The topological polar surface area (TPSA) is 106 Å². The summed E-state index contributed by atoms with van der Waals surface area (Å²) in [4.78, 5) is 40.2. The van der Waals surface area contributed by atoms with Crippen molar-refractivity contribution in [2.75, 3.05) is 33.7 Å². The molecule has 3 aliphatic rings. The van der Waals surface area contributed by atoms with Crippen LogP contribution in [0.5, 0.6) is 0 Å². The molecule has 5 atom stereocenters. The van der Waals surface area contributed by atoms with Gasteiger partial charge in [0.1, 0.15) is 6.04 Å². The van der Waals surface area contributed by atoms with Crippen molar-refractivity contribution in [3.05, 3.63) is 0 Å². The number of hydrogen-bond acceptors (Lipinski definition) is 6. The van der Waals surface area contributed by atoms with Gasteiger partial charge in [0.25, 0.3) is 0 Å². The summed E-state index contributed by atoms with van der Waals surface area (Å²) in [5, 5.41) is 12.2. The van der Waals surface area contributed by atoms with Crippen molar-refractivity contribution in [1.29, 1.82) is 5.26 Å². The highest BCUT2D eigenvalue weighted by molar-refractivity contribution is 5.79. The first kappa shape index (κ1) is 23.1. The van der Waals surface area contributed by atoms with E-state index in [-0.39, 0.29) is 31.0 Å². The number of amides is 3. The number of nitrogens with zero attached hydrogens (tertiary/aromatic N) is 4. The molecular formula is C19H26F3N5O4. The van der Waals surface area contributed by atoms with Crippen molar-refractivity contribution < 1.29 is 32.3 Å². The quantitative estimate of drug-likeness (QED) is 0.645. The Labute approximate surface area is 178 Å². The van der Waals surface area contributed by atoms with Gasteiger partial charge in [0, 0.05) is 39.1 Å². The molecule has 0 spiro atoms. The van der Waals surface area contributed by atoms with Crippen LogP contribution >= 0.6 is 0 Å². The van der Waals surface area contributed by atoms with Crippen LogP contribution in [0.2, 0.25) is 0 Å². The lowest BCUT2D eigenvalue weighted by molar-refractivity contribution is -0.212. The molecule has 31 heavy (non-hydrogen) atoms. The van der Waals surface area contributed by atoms with Gasteiger partial charge in [-0.25, -0.2) is 9.59 Å². The molecule has 12 heteroatoms. The average molecular weight is 445 g/mol. The van der Waals surface area contributed by atoms with Crippen molar-refractivity contribution in [2.45, 2.75) is 50.2 Å². The number of carbonyl (C=O) groups is 3. The number of alkyl halides is 3. The Balaban J connectivity index is 1.62. The van der Waals surface area contributed by atoms with Crippen LogP contribution in [-0.4, -0.2) is 90.8 Å². The zero-order valence-electron chi connectivity index (χ0n) is 17.4. The predicted octanol–water partition coefficient (Wildman–Crippen LogP) is 0.914. The first-order chi connectivity index (χ1) is 14.5. The largest absolute Gasteiger partial charge is 0.491 e. The zero-order valence-corrected chi connectivity index (χ0v) is 17.4. The number of rotatable bonds is 4. The highest BCUT2D eigenvalue weighted by Crippen LogP contribution is 2.43. The monoisotopic (exact) mass is 445 g/mol. The normalized spacial score (nSPS) is 30.1. The van der Waals surface area contributed by atoms with E-state index in [0.717, 1.165) is 6.42 Å². The molecule has 1 aliphatic carbocycles. The molecular weight excluding hydrogens is 419 g/mol. The molecule has 1 saturated carbocycles. The summed E-state index contributed by atoms with van der Waals surface area (Å²) in [6.07, 6.45) is -4.13. The van der Waals surface area contributed by atoms with Crippen molar-refractivity contribution in [3.63, 3.8) is 0 Å². The molecule has 0 aromatic rings. The molecule has 0 bridgehead atoms. The summed E-state index contributed by atoms with van der Waals surface area (Å²) in [5.74, 6) is -3.12. The molecule has 4 unspecified atom stereocenters. The highest BCUT2D eigenvalue weighted by atomic mass is 19.4. The van der Waals surface area contributed by atoms with E-state index in [4.69, 9.17) is 10.00 Å². The number of hydrogen-bond donors (Lipinski definition) is 1. The Morgan fingerprint density at radius 2 is 1.94 bits per heavy atom. The third-order valence-electron chi connectivity index (χ3n) is 6.21. The number of ether oxygens (including phenoxy) is 1. The fourth-order valence-corrected chi connectivity index (χ4v) is 4.77. The van der Waals surface area contributed by atoms with Gasteiger partial charge in [-0.3, -0.25) is 9.69 Å². The smallest absolute Gasteiger partial charge is 0.434 e. The fraction of sp³-hybridized carbons (Fsp3) is 0.789. The maximum atomic E-state index is 12.8. The van der Waals surface area contributed by atoms with Gasteiger partial charge in [-0.15, -0.1) is 0 Å². The number of urea groups is 1. The molecule has 3 fully saturated rings. The van der Waals surface area contributed by atoms with Gasteiger partial charge in [-0.2, -0.15) is 18.4 Å². The van der Waals surface area contributed by atoms with Gasteiger partial charge in [0.2, 0.25) is 5.91 Å². The molecule has 0 aromatic carbocycles. The van der Waals surface area contributed by atoms with Crippen LogP contribution in [-0.2, 0) is 14.3 Å². The molecule has 0 radical (unpaired) electrons. The Hall–Kier alpha value is -2.55. The van der Waals surface area contributed by atoms with Crippen LogP contribution in [0.1, 0.15) is 25.7 Å². The summed E-state index contributed by atoms with van der Waals surface area (Å²) < 4.78 is 43.0. The van der Waals surface area contributed by atoms with E-state index in [1.807, 2.05) is 0 Å². The van der Waals surface area contributed by atoms with Crippen molar-refractivity contribution in [1.82, 2.24) is 20.0 Å². The second-order valence-corrected chi connectivity index (χ2v) is 8.47. The van der Waals surface area contributed by atoms with Gasteiger partial charge in [0.05, 0.1) is 12.6 Å². The Kier molecular flexibility index (Phi) is 6.64. The van der Waals surface area contributed by atoms with Gasteiger partial charge in [-0.1, -0.05) is 0 Å². The van der Waals surface area contributed by atoms with Crippen molar-refractivity contribution in [3.8, 4) is 6.07 Å². The van der Waals surface area contributed by atoms with E-state index in [0.29, 0.717) is 25.8 Å². The summed E-state index contributed by atoms with van der Waals surface area (Å²) in [6.45, 7) is 0.730. The summed E-state index contributed by atoms with van der Waals surface area (Å²) >= 11 is 0. The molecule has 2 aliphatic heterocycles. The number of esters is 1. The molecule has 2 saturated heterocycles. The number of fused-ring (bicyclic) bond motifs is 1. The van der Waals surface area contributed by atoms with Gasteiger partial charge < -0.3 is 19.9 Å². The molecule has 3 amide bonds. The summed E-state index contributed by atoms with van der Waals surface area (Å²) in [6, 6.07) is 1.01. The van der Waals surface area contributed by atoms with Gasteiger partial charge in [-0.05, 0) is 31.6 Å². The SMILES string of the molecule is CN(C)C(=O)N1CC2CC(NCC(=O)N3CCC[C@H]3C#N)CC2C1OC(=O)C(F)(F)F. The van der Waals surface area contributed by atoms with Crippen molar-refractivity contribution in [2.24, 2.45) is 11.8 Å². The summed E-state index contributed by atoms with van der Waals surface area (Å²) in [5.41, 5.74) is 0. The third-order valence-corrected chi connectivity index (χ3v) is 6.21. The second-order valence-electron chi connectivity index (χ2n) is 8.47. The molecule has 3 rings (SSSR count). The lowest BCUT2D eigenvalue weighted by atomic mass is 9.99. The van der Waals surface area contributed by atoms with E-state index < -0.39 is 36.4 Å². The van der Waals surface area contributed by atoms with E-state index >= 15 is 0 Å². The number of halogens is 3. The molecule has 1 N–H and O–H groups in total. The highest BCUT2D eigenvalue weighted by Gasteiger charge is 2.54. The van der Waals surface area contributed by atoms with Crippen LogP contribution < -0.4 is 5.32 Å². The maximum absolute atomic E-state index is 12.8. The maximum Gasteiger partial charge on any atom is 0.491 e. The minimum atomic E-state index is -5.15. The minimum absolute atomic E-state index is 0.0234.